The van der Waals surface area contributed by atoms with E-state index in [0.29, 0.717) is 21.3 Å². The van der Waals surface area contributed by atoms with Gasteiger partial charge in [0.25, 0.3) is 0 Å². The molecule has 3 aromatic carbocycles. The molecule has 0 aliphatic heterocycles. The maximum atomic E-state index is 14.3. The number of nitrogens with one attached hydrogen (secondary N) is 1. The number of rotatable bonds is 11. The summed E-state index contributed by atoms with van der Waals surface area (Å²) in [4.78, 5) is 29.7. The molecule has 0 unspecified atom stereocenters. The maximum absolute atomic E-state index is 14.3. The highest BCUT2D eigenvalue weighted by molar-refractivity contribution is 7.92. The van der Waals surface area contributed by atoms with E-state index >= 15 is 0 Å². The Morgan fingerprint density at radius 3 is 2.17 bits per heavy atom. The van der Waals surface area contributed by atoms with Gasteiger partial charge in [0.15, 0.2) is 0 Å². The van der Waals surface area contributed by atoms with Crippen molar-refractivity contribution in [3.63, 3.8) is 0 Å². The zero-order valence-corrected chi connectivity index (χ0v) is 26.5. The molecule has 1 N–H and O–H groups in total. The van der Waals surface area contributed by atoms with Crippen molar-refractivity contribution >= 4 is 50.7 Å². The number of halogens is 2. The van der Waals surface area contributed by atoms with Crippen LogP contribution in [0.5, 0.6) is 0 Å². The highest BCUT2D eigenvalue weighted by atomic mass is 35.5. The van der Waals surface area contributed by atoms with Crippen LogP contribution in [0.4, 0.5) is 5.69 Å². The van der Waals surface area contributed by atoms with Crippen molar-refractivity contribution in [1.29, 1.82) is 0 Å². The molecule has 0 bridgehead atoms. The Kier molecular flexibility index (Phi) is 10.6. The molecule has 1 aliphatic rings. The van der Waals surface area contributed by atoms with Gasteiger partial charge >= 0.3 is 0 Å². The van der Waals surface area contributed by atoms with Crippen molar-refractivity contribution in [2.75, 3.05) is 17.1 Å². The molecular formula is C32H37Cl2N3O4S. The second-order valence-electron chi connectivity index (χ2n) is 10.9. The molecule has 0 heterocycles. The molecule has 2 amide bonds. The van der Waals surface area contributed by atoms with Crippen molar-refractivity contribution < 1.29 is 18.0 Å². The van der Waals surface area contributed by atoms with E-state index in [2.05, 4.69) is 5.32 Å². The normalized spacial score (nSPS) is 14.4. The van der Waals surface area contributed by atoms with E-state index in [-0.39, 0.29) is 24.9 Å². The van der Waals surface area contributed by atoms with Gasteiger partial charge < -0.3 is 10.2 Å². The van der Waals surface area contributed by atoms with Crippen LogP contribution in [0.1, 0.15) is 47.9 Å². The van der Waals surface area contributed by atoms with Gasteiger partial charge in [0, 0.05) is 34.6 Å². The number of nitrogens with zero attached hydrogens (tertiary/aromatic N) is 2. The second kappa shape index (κ2) is 13.9. The van der Waals surface area contributed by atoms with Crippen molar-refractivity contribution in [3.8, 4) is 0 Å². The zero-order chi connectivity index (χ0) is 30.4. The highest BCUT2D eigenvalue weighted by Crippen LogP contribution is 2.29. The third-order valence-electron chi connectivity index (χ3n) is 7.89. The lowest BCUT2D eigenvalue weighted by atomic mass is 10.0. The van der Waals surface area contributed by atoms with E-state index in [4.69, 9.17) is 23.2 Å². The van der Waals surface area contributed by atoms with Crippen LogP contribution in [-0.2, 0) is 32.6 Å². The Balaban J connectivity index is 1.78. The zero-order valence-electron chi connectivity index (χ0n) is 24.1. The third kappa shape index (κ3) is 7.85. The first-order valence-electron chi connectivity index (χ1n) is 14.1. The van der Waals surface area contributed by atoms with Crippen molar-refractivity contribution in [1.82, 2.24) is 10.2 Å². The van der Waals surface area contributed by atoms with Gasteiger partial charge in [0.2, 0.25) is 21.8 Å². The van der Waals surface area contributed by atoms with Gasteiger partial charge in [-0.2, -0.15) is 0 Å². The SMILES string of the molecule is Cc1cccc(N(CC(=O)N(Cc2c(Cl)cccc2Cl)[C@H](Cc2ccccc2)C(=O)NC2CCCC2)S(C)(=O)=O)c1C. The van der Waals surface area contributed by atoms with E-state index in [1.54, 1.807) is 30.3 Å². The highest BCUT2D eigenvalue weighted by Gasteiger charge is 2.35. The number of anilines is 1. The van der Waals surface area contributed by atoms with Gasteiger partial charge in [-0.05, 0) is 61.6 Å². The van der Waals surface area contributed by atoms with Crippen LogP contribution in [0, 0.1) is 13.8 Å². The van der Waals surface area contributed by atoms with Gasteiger partial charge in [0.05, 0.1) is 11.9 Å². The van der Waals surface area contributed by atoms with Gasteiger partial charge in [-0.15, -0.1) is 0 Å². The molecule has 1 fully saturated rings. The van der Waals surface area contributed by atoms with Crippen LogP contribution in [0.3, 0.4) is 0 Å². The van der Waals surface area contributed by atoms with E-state index in [1.165, 1.54) is 4.90 Å². The molecule has 1 saturated carbocycles. The predicted molar refractivity (Wildman–Crippen MR) is 169 cm³/mol. The lowest BCUT2D eigenvalue weighted by Gasteiger charge is -2.34. The van der Waals surface area contributed by atoms with Crippen LogP contribution < -0.4 is 9.62 Å². The number of aryl methyl sites for hydroxylation is 1. The van der Waals surface area contributed by atoms with Gasteiger partial charge in [-0.3, -0.25) is 13.9 Å². The summed E-state index contributed by atoms with van der Waals surface area (Å²) < 4.78 is 27.3. The number of carbonyl (C=O) groups excluding carboxylic acids is 2. The topological polar surface area (TPSA) is 86.8 Å². The fraction of sp³-hybridized carbons (Fsp3) is 0.375. The minimum Gasteiger partial charge on any atom is -0.352 e. The minimum atomic E-state index is -3.87. The number of hydrogen-bond acceptors (Lipinski definition) is 4. The number of carbonyl (C=O) groups is 2. The lowest BCUT2D eigenvalue weighted by molar-refractivity contribution is -0.140. The van der Waals surface area contributed by atoms with E-state index in [1.807, 2.05) is 50.2 Å². The molecule has 1 aliphatic carbocycles. The second-order valence-corrected chi connectivity index (χ2v) is 13.6. The summed E-state index contributed by atoms with van der Waals surface area (Å²) in [7, 11) is -3.87. The molecule has 10 heteroatoms. The summed E-state index contributed by atoms with van der Waals surface area (Å²) in [5.74, 6) is -0.834. The number of benzene rings is 3. The minimum absolute atomic E-state index is 0.0269. The first-order chi connectivity index (χ1) is 20.0. The average molecular weight is 631 g/mol. The Hall–Kier alpha value is -3.07. The van der Waals surface area contributed by atoms with E-state index in [9.17, 15) is 18.0 Å². The van der Waals surface area contributed by atoms with Crippen LogP contribution >= 0.6 is 23.2 Å². The smallest absolute Gasteiger partial charge is 0.244 e. The van der Waals surface area contributed by atoms with E-state index < -0.39 is 28.5 Å². The first-order valence-corrected chi connectivity index (χ1v) is 16.7. The molecule has 0 spiro atoms. The summed E-state index contributed by atoms with van der Waals surface area (Å²) in [5, 5.41) is 3.85. The van der Waals surface area contributed by atoms with Crippen LogP contribution in [0.2, 0.25) is 10.0 Å². The fourth-order valence-electron chi connectivity index (χ4n) is 5.38. The van der Waals surface area contributed by atoms with Crippen molar-refractivity contribution in [2.45, 2.75) is 64.6 Å². The third-order valence-corrected chi connectivity index (χ3v) is 9.72. The van der Waals surface area contributed by atoms with Crippen molar-refractivity contribution in [3.05, 3.63) is 99.0 Å². The summed E-state index contributed by atoms with van der Waals surface area (Å²) in [6.45, 7) is 3.14. The number of amides is 2. The van der Waals surface area contributed by atoms with Gasteiger partial charge in [-0.1, -0.05) is 84.6 Å². The number of sulfonamides is 1. The molecule has 4 rings (SSSR count). The molecule has 42 heavy (non-hydrogen) atoms. The quantitative estimate of drug-likeness (QED) is 0.279. The number of hydrogen-bond donors (Lipinski definition) is 1. The average Bonchev–Trinajstić information content (AvgIpc) is 3.45. The largest absolute Gasteiger partial charge is 0.352 e. The molecule has 0 radical (unpaired) electrons. The molecule has 0 saturated heterocycles. The lowest BCUT2D eigenvalue weighted by Crippen LogP contribution is -2.54. The molecule has 0 aromatic heterocycles. The van der Waals surface area contributed by atoms with Gasteiger partial charge in [0.1, 0.15) is 12.6 Å². The molecule has 7 nitrogen and oxygen atoms in total. The Morgan fingerprint density at radius 2 is 1.55 bits per heavy atom. The monoisotopic (exact) mass is 629 g/mol. The maximum Gasteiger partial charge on any atom is 0.244 e. The first kappa shape index (κ1) is 31.9. The Morgan fingerprint density at radius 1 is 0.929 bits per heavy atom. The van der Waals surface area contributed by atoms with Crippen molar-refractivity contribution in [2.24, 2.45) is 0 Å². The Bertz CT molecular complexity index is 1510. The molecular weight excluding hydrogens is 593 g/mol. The van der Waals surface area contributed by atoms with Crippen LogP contribution in [0.15, 0.2) is 66.7 Å². The summed E-state index contributed by atoms with van der Waals surface area (Å²) in [6, 6.07) is 18.9. The summed E-state index contributed by atoms with van der Waals surface area (Å²) in [6.07, 6.45) is 5.13. The van der Waals surface area contributed by atoms with E-state index in [0.717, 1.165) is 52.9 Å². The van der Waals surface area contributed by atoms with Gasteiger partial charge in [-0.25, -0.2) is 8.42 Å². The standard InChI is InChI=1S/C32H37Cl2N3O4S/c1-22-11-9-18-29(23(22)2)37(42(3,40)41)21-31(38)36(20-26-27(33)16-10-17-28(26)34)30(19-24-12-5-4-6-13-24)32(39)35-25-14-7-8-15-25/h4-6,9-13,16-18,25,30H,7-8,14-15,19-21H2,1-3H3,(H,35,39)/t30-/m1/s1. The fourth-order valence-corrected chi connectivity index (χ4v) is 6.79. The summed E-state index contributed by atoms with van der Waals surface area (Å²) >= 11 is 13.1. The van der Waals surface area contributed by atoms with Crippen LogP contribution in [0.25, 0.3) is 0 Å². The molecule has 224 valence electrons. The predicted octanol–water partition coefficient (Wildman–Crippen LogP) is 6.08. The molecule has 3 aromatic rings. The Labute approximate surface area is 258 Å². The molecule has 1 atom stereocenters. The van der Waals surface area contributed by atoms with Crippen LogP contribution in [-0.4, -0.2) is 50.0 Å². The summed E-state index contributed by atoms with van der Waals surface area (Å²) in [5.41, 5.74) is 3.40.